The molecule has 0 aromatic carbocycles. The Labute approximate surface area is 356 Å². The molecule has 4 N–H and O–H groups in total. The second-order valence-electron chi connectivity index (χ2n) is 17.7. The predicted molar refractivity (Wildman–Crippen MR) is 250 cm³/mol. The summed E-state index contributed by atoms with van der Waals surface area (Å²) in [7, 11) is 0. The molecule has 0 aromatic rings. The molecule has 0 aliphatic heterocycles. The van der Waals surface area contributed by atoms with Crippen molar-refractivity contribution in [2.45, 2.75) is 295 Å². The van der Waals surface area contributed by atoms with Gasteiger partial charge >= 0.3 is 0 Å². The first-order valence-corrected chi connectivity index (χ1v) is 25.7. The lowest BCUT2D eigenvalue weighted by atomic mass is 10.0. The van der Waals surface area contributed by atoms with E-state index in [9.17, 15) is 20.1 Å². The van der Waals surface area contributed by atoms with Crippen molar-refractivity contribution in [3.8, 4) is 0 Å². The molecule has 0 radical (unpaired) electrons. The molecule has 57 heavy (non-hydrogen) atoms. The lowest BCUT2D eigenvalue weighted by Gasteiger charge is -2.21. The zero-order valence-corrected chi connectivity index (χ0v) is 38.5. The number of rotatable bonds is 47. The predicted octanol–water partition coefficient (Wildman–Crippen LogP) is 15.3. The number of unbranched alkanes of at least 4 members (excludes halogenated alkanes) is 37. The Morgan fingerprint density at radius 3 is 1.02 bits per heavy atom. The third-order valence-corrected chi connectivity index (χ3v) is 12.0. The van der Waals surface area contributed by atoms with Crippen molar-refractivity contribution in [1.82, 2.24) is 5.32 Å². The minimum absolute atomic E-state index is 0.361. The second kappa shape index (κ2) is 47.5. The third-order valence-electron chi connectivity index (χ3n) is 12.0. The normalized spacial score (nSPS) is 13.6. The van der Waals surface area contributed by atoms with Gasteiger partial charge in [-0.3, -0.25) is 4.79 Å². The topological polar surface area (TPSA) is 89.8 Å². The van der Waals surface area contributed by atoms with E-state index >= 15 is 0 Å². The molecule has 0 saturated heterocycles. The summed E-state index contributed by atoms with van der Waals surface area (Å²) in [5.41, 5.74) is 0. The molecule has 0 saturated carbocycles. The summed E-state index contributed by atoms with van der Waals surface area (Å²) in [6.07, 6.45) is 59.6. The van der Waals surface area contributed by atoms with Crippen LogP contribution in [0.1, 0.15) is 277 Å². The summed E-state index contributed by atoms with van der Waals surface area (Å²) in [5, 5.41) is 33.2. The van der Waals surface area contributed by atoms with E-state index in [1.807, 2.05) is 6.08 Å². The van der Waals surface area contributed by atoms with Crippen LogP contribution in [0.15, 0.2) is 24.3 Å². The lowest BCUT2D eigenvalue weighted by Crippen LogP contribution is -2.48. The van der Waals surface area contributed by atoms with E-state index < -0.39 is 24.2 Å². The van der Waals surface area contributed by atoms with E-state index in [1.165, 1.54) is 225 Å². The number of hydrogen-bond donors (Lipinski definition) is 4. The van der Waals surface area contributed by atoms with Crippen LogP contribution in [0.25, 0.3) is 0 Å². The summed E-state index contributed by atoms with van der Waals surface area (Å²) in [4.78, 5) is 12.5. The van der Waals surface area contributed by atoms with Gasteiger partial charge in [0.15, 0.2) is 0 Å². The van der Waals surface area contributed by atoms with Gasteiger partial charge < -0.3 is 20.6 Å². The maximum atomic E-state index is 12.5. The molecule has 3 atom stereocenters. The van der Waals surface area contributed by atoms with Gasteiger partial charge in [-0.15, -0.1) is 0 Å². The van der Waals surface area contributed by atoms with Crippen LogP contribution in [0.4, 0.5) is 0 Å². The van der Waals surface area contributed by atoms with Crippen LogP contribution in [0, 0.1) is 0 Å². The summed E-state index contributed by atoms with van der Waals surface area (Å²) >= 11 is 0. The summed E-state index contributed by atoms with van der Waals surface area (Å²) < 4.78 is 0. The summed E-state index contributed by atoms with van der Waals surface area (Å²) in [5.74, 6) is -0.501. The quantitative estimate of drug-likeness (QED) is 0.0364. The van der Waals surface area contributed by atoms with Crippen molar-refractivity contribution in [3.05, 3.63) is 24.3 Å². The minimum atomic E-state index is -1.09. The van der Waals surface area contributed by atoms with Crippen molar-refractivity contribution in [3.63, 3.8) is 0 Å². The minimum Gasteiger partial charge on any atom is -0.394 e. The van der Waals surface area contributed by atoms with Crippen LogP contribution < -0.4 is 5.32 Å². The van der Waals surface area contributed by atoms with Crippen LogP contribution in [-0.2, 0) is 4.79 Å². The van der Waals surface area contributed by atoms with Crippen LogP contribution in [0.5, 0.6) is 0 Å². The molecule has 0 bridgehead atoms. The fourth-order valence-electron chi connectivity index (χ4n) is 8.01. The molecule has 338 valence electrons. The van der Waals surface area contributed by atoms with Gasteiger partial charge in [0.1, 0.15) is 6.10 Å². The molecular formula is C52H101NO4. The van der Waals surface area contributed by atoms with Gasteiger partial charge in [-0.05, 0) is 44.9 Å². The van der Waals surface area contributed by atoms with Gasteiger partial charge in [0.2, 0.25) is 5.91 Å². The molecule has 1 amide bonds. The van der Waals surface area contributed by atoms with Crippen LogP contribution in [0.3, 0.4) is 0 Å². The summed E-state index contributed by atoms with van der Waals surface area (Å²) in [6, 6.07) is -0.794. The maximum absolute atomic E-state index is 12.5. The van der Waals surface area contributed by atoms with Crippen molar-refractivity contribution >= 4 is 5.91 Å². The molecule has 5 heteroatoms. The fourth-order valence-corrected chi connectivity index (χ4v) is 8.01. The van der Waals surface area contributed by atoms with Crippen LogP contribution in [-0.4, -0.2) is 46.1 Å². The highest BCUT2D eigenvalue weighted by Crippen LogP contribution is 2.17. The molecule has 5 nitrogen and oxygen atoms in total. The van der Waals surface area contributed by atoms with Gasteiger partial charge in [0.05, 0.1) is 18.8 Å². The zero-order valence-electron chi connectivity index (χ0n) is 38.5. The van der Waals surface area contributed by atoms with Gasteiger partial charge in [0, 0.05) is 0 Å². The lowest BCUT2D eigenvalue weighted by molar-refractivity contribution is -0.131. The maximum Gasteiger partial charge on any atom is 0.249 e. The molecule has 0 heterocycles. The Morgan fingerprint density at radius 2 is 0.702 bits per heavy atom. The first kappa shape index (κ1) is 55.8. The van der Waals surface area contributed by atoms with Gasteiger partial charge in [-0.1, -0.05) is 256 Å². The Bertz CT molecular complexity index is 844. The number of nitrogens with one attached hydrogen (secondary N) is 1. The SMILES string of the molecule is CCCCCCCCCCCC/C=C/C(O)C(CO)NC(=O)C(O)CCCCCCCCCCCCCCCCC/C=C\CCCCCCCCCCCCCC. The molecule has 0 aromatic heterocycles. The number of carbonyl (C=O) groups is 1. The number of aliphatic hydroxyl groups is 3. The number of hydrogen-bond acceptors (Lipinski definition) is 4. The van der Waals surface area contributed by atoms with E-state index in [0.29, 0.717) is 6.42 Å². The molecule has 0 spiro atoms. The fraction of sp³-hybridized carbons (Fsp3) is 0.904. The molecule has 0 fully saturated rings. The highest BCUT2D eigenvalue weighted by molar-refractivity contribution is 5.80. The summed E-state index contributed by atoms with van der Waals surface area (Å²) in [6.45, 7) is 4.19. The van der Waals surface area contributed by atoms with Gasteiger partial charge in [-0.25, -0.2) is 0 Å². The first-order valence-electron chi connectivity index (χ1n) is 25.7. The highest BCUT2D eigenvalue weighted by atomic mass is 16.3. The van der Waals surface area contributed by atoms with Crippen LogP contribution in [0.2, 0.25) is 0 Å². The third kappa shape index (κ3) is 42.8. The highest BCUT2D eigenvalue weighted by Gasteiger charge is 2.22. The first-order chi connectivity index (χ1) is 28.1. The van der Waals surface area contributed by atoms with E-state index in [0.717, 1.165) is 32.1 Å². The van der Waals surface area contributed by atoms with Crippen LogP contribution >= 0.6 is 0 Å². The van der Waals surface area contributed by atoms with E-state index in [4.69, 9.17) is 0 Å². The zero-order chi connectivity index (χ0) is 41.5. The number of amides is 1. The number of aliphatic hydroxyl groups excluding tert-OH is 3. The Kier molecular flexibility index (Phi) is 46.5. The number of allylic oxidation sites excluding steroid dienone is 3. The van der Waals surface area contributed by atoms with Gasteiger partial charge in [-0.2, -0.15) is 0 Å². The molecule has 3 unspecified atom stereocenters. The molecule has 0 aliphatic carbocycles. The molecule has 0 rings (SSSR count). The van der Waals surface area contributed by atoms with Gasteiger partial charge in [0.25, 0.3) is 0 Å². The second-order valence-corrected chi connectivity index (χ2v) is 17.7. The average Bonchev–Trinajstić information content (AvgIpc) is 3.22. The van der Waals surface area contributed by atoms with Crippen molar-refractivity contribution in [2.24, 2.45) is 0 Å². The van der Waals surface area contributed by atoms with E-state index in [1.54, 1.807) is 6.08 Å². The Balaban J connectivity index is 3.50. The molecule has 0 aliphatic rings. The Hall–Kier alpha value is -1.17. The average molecular weight is 804 g/mol. The monoisotopic (exact) mass is 804 g/mol. The Morgan fingerprint density at radius 1 is 0.421 bits per heavy atom. The smallest absolute Gasteiger partial charge is 0.249 e. The van der Waals surface area contributed by atoms with Crippen molar-refractivity contribution in [1.29, 1.82) is 0 Å². The van der Waals surface area contributed by atoms with Crippen molar-refractivity contribution in [2.75, 3.05) is 6.61 Å². The standard InChI is InChI=1S/C52H101NO4/c1-3-5-7-9-11-13-15-17-18-19-20-21-22-23-24-25-26-27-28-29-30-31-32-33-34-35-37-39-41-43-45-47-51(56)52(57)53-49(48-54)50(55)46-44-42-40-38-36-16-14-12-10-8-6-4-2/h23-24,44,46,49-51,54-56H,3-22,25-43,45,47-48H2,1-2H3,(H,53,57)/b24-23-,46-44+. The largest absolute Gasteiger partial charge is 0.394 e. The van der Waals surface area contributed by atoms with Crippen molar-refractivity contribution < 1.29 is 20.1 Å². The van der Waals surface area contributed by atoms with E-state index in [-0.39, 0.29) is 6.61 Å². The molecular weight excluding hydrogens is 703 g/mol. The van der Waals surface area contributed by atoms with E-state index in [2.05, 4.69) is 31.3 Å². The number of carbonyl (C=O) groups excluding carboxylic acids is 1.